The third-order valence-electron chi connectivity index (χ3n) is 4.97. The van der Waals surface area contributed by atoms with E-state index in [9.17, 15) is 4.79 Å². The highest BCUT2D eigenvalue weighted by molar-refractivity contribution is 7.80. The number of nitrogens with one attached hydrogen (secondary N) is 2. The van der Waals surface area contributed by atoms with Gasteiger partial charge in [-0.3, -0.25) is 4.79 Å². The molecule has 1 atom stereocenters. The van der Waals surface area contributed by atoms with Crippen LogP contribution in [0.4, 0.5) is 5.69 Å². The molecule has 7 heteroatoms. The smallest absolute Gasteiger partial charge is 0.253 e. The van der Waals surface area contributed by atoms with E-state index in [0.29, 0.717) is 28.8 Å². The molecule has 0 aliphatic carbocycles. The molecule has 6 nitrogen and oxygen atoms in total. The number of nitrogens with zero attached hydrogens (tertiary/aromatic N) is 1. The summed E-state index contributed by atoms with van der Waals surface area (Å²) in [6, 6.07) is 15.0. The molecule has 0 bridgehead atoms. The van der Waals surface area contributed by atoms with Crippen molar-refractivity contribution in [2.75, 3.05) is 32.1 Å². The monoisotopic (exact) mass is 427 g/mol. The zero-order chi connectivity index (χ0) is 21.3. The van der Waals surface area contributed by atoms with Gasteiger partial charge < -0.3 is 25.0 Å². The number of carbonyl (C=O) groups is 1. The number of ether oxygens (including phenoxy) is 2. The number of anilines is 1. The lowest BCUT2D eigenvalue weighted by Gasteiger charge is -2.26. The Kier molecular flexibility index (Phi) is 7.90. The number of thiocarbonyl (C=S) groups is 1. The lowest BCUT2D eigenvalue weighted by atomic mass is 10.1. The topological polar surface area (TPSA) is 62.8 Å². The Labute approximate surface area is 183 Å². The van der Waals surface area contributed by atoms with Crippen LogP contribution in [0.15, 0.2) is 48.5 Å². The molecule has 2 aromatic carbocycles. The van der Waals surface area contributed by atoms with E-state index in [-0.39, 0.29) is 11.9 Å². The molecule has 0 unspecified atom stereocenters. The van der Waals surface area contributed by atoms with Crippen LogP contribution in [-0.4, -0.2) is 48.8 Å². The van der Waals surface area contributed by atoms with Crippen LogP contribution < -0.4 is 20.1 Å². The average Bonchev–Trinajstić information content (AvgIpc) is 2.78. The van der Waals surface area contributed by atoms with Gasteiger partial charge in [-0.25, -0.2) is 0 Å². The van der Waals surface area contributed by atoms with Crippen molar-refractivity contribution < 1.29 is 14.3 Å². The maximum atomic E-state index is 12.6. The first kappa shape index (κ1) is 21.9. The van der Waals surface area contributed by atoms with Crippen LogP contribution in [0.2, 0.25) is 0 Å². The minimum atomic E-state index is -0.00475. The molecule has 2 aromatic rings. The first-order valence-electron chi connectivity index (χ1n) is 10.3. The fourth-order valence-electron chi connectivity index (χ4n) is 3.36. The summed E-state index contributed by atoms with van der Waals surface area (Å²) in [6.45, 7) is 4.12. The van der Waals surface area contributed by atoms with Gasteiger partial charge in [-0.2, -0.15) is 0 Å². The Hall–Kier alpha value is -2.80. The van der Waals surface area contributed by atoms with E-state index in [2.05, 4.69) is 10.6 Å². The van der Waals surface area contributed by atoms with Crippen LogP contribution in [0.5, 0.6) is 11.5 Å². The molecule has 0 spiro atoms. The van der Waals surface area contributed by atoms with Gasteiger partial charge in [0.05, 0.1) is 13.2 Å². The molecule has 1 aliphatic heterocycles. The van der Waals surface area contributed by atoms with Crippen LogP contribution in [-0.2, 0) is 0 Å². The Bertz CT molecular complexity index is 851. The van der Waals surface area contributed by atoms with Crippen molar-refractivity contribution in [2.45, 2.75) is 32.2 Å². The van der Waals surface area contributed by atoms with E-state index in [0.717, 1.165) is 31.6 Å². The molecule has 0 aromatic heterocycles. The second kappa shape index (κ2) is 10.8. The molecule has 1 saturated heterocycles. The fourth-order valence-corrected chi connectivity index (χ4v) is 3.68. The predicted octanol–water partition coefficient (Wildman–Crippen LogP) is 4.08. The van der Waals surface area contributed by atoms with Gasteiger partial charge >= 0.3 is 0 Å². The van der Waals surface area contributed by atoms with Crippen LogP contribution >= 0.6 is 12.2 Å². The fraction of sp³-hybridized carbons (Fsp3) is 0.391. The molecule has 160 valence electrons. The lowest BCUT2D eigenvalue weighted by Crippen LogP contribution is -2.39. The minimum absolute atomic E-state index is 0.00475. The molecule has 1 heterocycles. The standard InChI is InChI=1S/C23H29N3O3S/c1-17(16-29-21-9-5-4-8-20(21)28-2)24-23(30)25-19-12-10-18(11-13-19)22(27)26-14-6-3-7-15-26/h4-5,8-13,17H,3,6-7,14-16H2,1-2H3,(H2,24,25,30)/t17-/m1/s1. The molecule has 30 heavy (non-hydrogen) atoms. The number of hydrogen-bond acceptors (Lipinski definition) is 4. The third kappa shape index (κ3) is 6.10. The van der Waals surface area contributed by atoms with Gasteiger partial charge in [0.15, 0.2) is 16.6 Å². The summed E-state index contributed by atoms with van der Waals surface area (Å²) in [7, 11) is 1.62. The number of likely N-dealkylation sites (tertiary alicyclic amines) is 1. The largest absolute Gasteiger partial charge is 0.493 e. The van der Waals surface area contributed by atoms with Gasteiger partial charge in [0.2, 0.25) is 0 Å². The van der Waals surface area contributed by atoms with E-state index in [1.807, 2.05) is 60.4 Å². The van der Waals surface area contributed by atoms with Gasteiger partial charge in [0.25, 0.3) is 5.91 Å². The van der Waals surface area contributed by atoms with Crippen molar-refractivity contribution in [1.29, 1.82) is 0 Å². The van der Waals surface area contributed by atoms with Crippen LogP contribution in [0, 0.1) is 0 Å². The number of amides is 1. The number of piperidine rings is 1. The van der Waals surface area contributed by atoms with Gasteiger partial charge in [-0.05, 0) is 74.8 Å². The van der Waals surface area contributed by atoms with E-state index < -0.39 is 0 Å². The zero-order valence-corrected chi connectivity index (χ0v) is 18.3. The Morgan fingerprint density at radius 2 is 1.73 bits per heavy atom. The molecular formula is C23H29N3O3S. The Morgan fingerprint density at radius 1 is 1.07 bits per heavy atom. The summed E-state index contributed by atoms with van der Waals surface area (Å²) in [5.41, 5.74) is 1.54. The van der Waals surface area contributed by atoms with Crippen molar-refractivity contribution in [2.24, 2.45) is 0 Å². The SMILES string of the molecule is COc1ccccc1OC[C@@H](C)NC(=S)Nc1ccc(C(=O)N2CCCCC2)cc1. The maximum Gasteiger partial charge on any atom is 0.253 e. The number of methoxy groups -OCH3 is 1. The van der Waals surface area contributed by atoms with E-state index >= 15 is 0 Å². The molecule has 2 N–H and O–H groups in total. The van der Waals surface area contributed by atoms with Crippen molar-refractivity contribution in [3.8, 4) is 11.5 Å². The summed E-state index contributed by atoms with van der Waals surface area (Å²) in [5, 5.41) is 6.86. The first-order chi connectivity index (χ1) is 14.6. The zero-order valence-electron chi connectivity index (χ0n) is 17.5. The summed E-state index contributed by atoms with van der Waals surface area (Å²) in [6.07, 6.45) is 3.38. The molecule has 1 fully saturated rings. The Balaban J connectivity index is 1.46. The number of hydrogen-bond donors (Lipinski definition) is 2. The number of carbonyl (C=O) groups excluding carboxylic acids is 1. The summed E-state index contributed by atoms with van der Waals surface area (Å²) < 4.78 is 11.1. The number of para-hydroxylation sites is 2. The first-order valence-corrected chi connectivity index (χ1v) is 10.7. The van der Waals surface area contributed by atoms with Crippen molar-refractivity contribution >= 4 is 28.9 Å². The average molecular weight is 428 g/mol. The third-order valence-corrected chi connectivity index (χ3v) is 5.19. The molecule has 1 amide bonds. The van der Waals surface area contributed by atoms with Crippen molar-refractivity contribution in [1.82, 2.24) is 10.2 Å². The summed E-state index contributed by atoms with van der Waals surface area (Å²) >= 11 is 5.40. The van der Waals surface area contributed by atoms with Gasteiger partial charge in [0.1, 0.15) is 6.61 Å². The van der Waals surface area contributed by atoms with Crippen LogP contribution in [0.3, 0.4) is 0 Å². The molecule has 3 rings (SSSR count). The minimum Gasteiger partial charge on any atom is -0.493 e. The highest BCUT2D eigenvalue weighted by Crippen LogP contribution is 2.25. The van der Waals surface area contributed by atoms with Gasteiger partial charge in [-0.15, -0.1) is 0 Å². The van der Waals surface area contributed by atoms with Crippen molar-refractivity contribution in [3.05, 3.63) is 54.1 Å². The normalized spacial score (nSPS) is 14.5. The second-order valence-corrected chi connectivity index (χ2v) is 7.80. The van der Waals surface area contributed by atoms with Gasteiger partial charge in [0, 0.05) is 24.3 Å². The number of benzene rings is 2. The second-order valence-electron chi connectivity index (χ2n) is 7.39. The molecule has 0 radical (unpaired) electrons. The quantitative estimate of drug-likeness (QED) is 0.650. The highest BCUT2D eigenvalue weighted by atomic mass is 32.1. The lowest BCUT2D eigenvalue weighted by molar-refractivity contribution is 0.0724. The van der Waals surface area contributed by atoms with Crippen LogP contribution in [0.25, 0.3) is 0 Å². The van der Waals surface area contributed by atoms with Gasteiger partial charge in [-0.1, -0.05) is 12.1 Å². The summed E-state index contributed by atoms with van der Waals surface area (Å²) in [4.78, 5) is 14.5. The molecular weight excluding hydrogens is 398 g/mol. The number of rotatable bonds is 7. The molecule has 1 aliphatic rings. The predicted molar refractivity (Wildman–Crippen MR) is 124 cm³/mol. The highest BCUT2D eigenvalue weighted by Gasteiger charge is 2.18. The molecule has 0 saturated carbocycles. The van der Waals surface area contributed by atoms with Crippen molar-refractivity contribution in [3.63, 3.8) is 0 Å². The maximum absolute atomic E-state index is 12.6. The Morgan fingerprint density at radius 3 is 2.40 bits per heavy atom. The van der Waals surface area contributed by atoms with Crippen LogP contribution in [0.1, 0.15) is 36.5 Å². The van der Waals surface area contributed by atoms with E-state index in [1.165, 1.54) is 6.42 Å². The van der Waals surface area contributed by atoms with E-state index in [4.69, 9.17) is 21.7 Å². The summed E-state index contributed by atoms with van der Waals surface area (Å²) in [5.74, 6) is 1.50. The van der Waals surface area contributed by atoms with E-state index in [1.54, 1.807) is 7.11 Å².